The molecule has 0 unspecified atom stereocenters. The number of aliphatic carboxylic acids is 1. The van der Waals surface area contributed by atoms with Gasteiger partial charge in [-0.1, -0.05) is 0 Å². The van der Waals surface area contributed by atoms with Gasteiger partial charge in [0.05, 0.1) is 5.69 Å². The maximum atomic E-state index is 12.2. The summed E-state index contributed by atoms with van der Waals surface area (Å²) >= 11 is 1.62. The SMILES string of the molecule is Cc1nc(CC2CCN(c3ccc(-c4nccs4)cc3)CC2)nc(C(=O)NCC(=O)O)c1O. The van der Waals surface area contributed by atoms with Crippen LogP contribution in [0.15, 0.2) is 35.8 Å². The number of aromatic nitrogens is 3. The van der Waals surface area contributed by atoms with Gasteiger partial charge in [0.2, 0.25) is 0 Å². The van der Waals surface area contributed by atoms with Crippen LogP contribution < -0.4 is 10.2 Å². The number of benzene rings is 1. The minimum Gasteiger partial charge on any atom is -0.504 e. The molecule has 0 atom stereocenters. The first-order valence-electron chi connectivity index (χ1n) is 10.7. The number of hydrogen-bond acceptors (Lipinski definition) is 8. The van der Waals surface area contributed by atoms with Gasteiger partial charge in [0, 0.05) is 42.3 Å². The molecule has 172 valence electrons. The molecule has 0 radical (unpaired) electrons. The number of carbonyl (C=O) groups excluding carboxylic acids is 1. The maximum Gasteiger partial charge on any atom is 0.322 e. The van der Waals surface area contributed by atoms with Crippen LogP contribution in [0.1, 0.15) is 34.8 Å². The van der Waals surface area contributed by atoms with Crippen LogP contribution in [-0.4, -0.2) is 56.7 Å². The molecule has 4 rings (SSSR count). The van der Waals surface area contributed by atoms with Gasteiger partial charge in [0.1, 0.15) is 17.4 Å². The fraction of sp³-hybridized carbons (Fsp3) is 0.348. The Kier molecular flexibility index (Phi) is 6.83. The highest BCUT2D eigenvalue weighted by atomic mass is 32.1. The Bertz CT molecular complexity index is 1130. The summed E-state index contributed by atoms with van der Waals surface area (Å²) in [6.07, 6.45) is 4.32. The standard InChI is InChI=1S/C23H25N5O4S/c1-14-21(31)20(22(32)25-13-19(29)30)27-18(26-14)12-15-6-9-28(10-7-15)17-4-2-16(3-5-17)23-24-8-11-33-23/h2-5,8,11,15,31H,6-7,9-10,12-13H2,1H3,(H,25,32)(H,29,30). The Balaban J connectivity index is 1.37. The molecule has 0 spiro atoms. The van der Waals surface area contributed by atoms with Crippen molar-refractivity contribution in [1.29, 1.82) is 0 Å². The average Bonchev–Trinajstić information content (AvgIpc) is 3.35. The van der Waals surface area contributed by atoms with Crippen LogP contribution >= 0.6 is 11.3 Å². The van der Waals surface area contributed by atoms with Gasteiger partial charge in [-0.2, -0.15) is 0 Å². The molecular weight excluding hydrogens is 442 g/mol. The first-order valence-corrected chi connectivity index (χ1v) is 11.6. The Morgan fingerprint density at radius 1 is 1.18 bits per heavy atom. The van der Waals surface area contributed by atoms with Gasteiger partial charge in [-0.15, -0.1) is 11.3 Å². The van der Waals surface area contributed by atoms with Crippen molar-refractivity contribution in [3.63, 3.8) is 0 Å². The number of carbonyl (C=O) groups is 2. The second-order valence-corrected chi connectivity index (χ2v) is 8.91. The molecule has 10 heteroatoms. The van der Waals surface area contributed by atoms with E-state index in [0.29, 0.717) is 23.9 Å². The minimum absolute atomic E-state index is 0.184. The van der Waals surface area contributed by atoms with E-state index in [-0.39, 0.29) is 11.4 Å². The summed E-state index contributed by atoms with van der Waals surface area (Å²) < 4.78 is 0. The molecule has 0 bridgehead atoms. The largest absolute Gasteiger partial charge is 0.504 e. The van der Waals surface area contributed by atoms with Gasteiger partial charge in [0.25, 0.3) is 5.91 Å². The van der Waals surface area contributed by atoms with E-state index in [2.05, 4.69) is 49.4 Å². The third-order valence-corrected chi connectivity index (χ3v) is 6.54. The summed E-state index contributed by atoms with van der Waals surface area (Å²) in [5.74, 6) is -1.37. The lowest BCUT2D eigenvalue weighted by Crippen LogP contribution is -2.34. The van der Waals surface area contributed by atoms with Crippen LogP contribution in [0, 0.1) is 12.8 Å². The molecule has 9 nitrogen and oxygen atoms in total. The normalized spacial score (nSPS) is 14.3. The number of carboxylic acids is 1. The van der Waals surface area contributed by atoms with E-state index in [0.717, 1.165) is 36.5 Å². The summed E-state index contributed by atoms with van der Waals surface area (Å²) in [5, 5.41) is 24.1. The highest BCUT2D eigenvalue weighted by Crippen LogP contribution is 2.29. The zero-order chi connectivity index (χ0) is 23.4. The number of thiazole rings is 1. The van der Waals surface area contributed by atoms with Crippen molar-refractivity contribution in [2.24, 2.45) is 5.92 Å². The monoisotopic (exact) mass is 467 g/mol. The summed E-state index contributed by atoms with van der Waals surface area (Å²) in [7, 11) is 0. The van der Waals surface area contributed by atoms with E-state index in [4.69, 9.17) is 5.11 Å². The number of aromatic hydroxyl groups is 1. The summed E-state index contributed by atoms with van der Waals surface area (Å²) in [6, 6.07) is 8.46. The molecule has 3 aromatic rings. The van der Waals surface area contributed by atoms with Gasteiger partial charge in [-0.05, 0) is 49.9 Å². The predicted molar refractivity (Wildman–Crippen MR) is 125 cm³/mol. The predicted octanol–water partition coefficient (Wildman–Crippen LogP) is 2.89. The van der Waals surface area contributed by atoms with E-state index in [1.807, 2.05) is 11.6 Å². The molecule has 1 amide bonds. The Morgan fingerprint density at radius 2 is 1.91 bits per heavy atom. The van der Waals surface area contributed by atoms with E-state index < -0.39 is 18.4 Å². The third-order valence-electron chi connectivity index (χ3n) is 5.72. The lowest BCUT2D eigenvalue weighted by atomic mass is 9.92. The molecule has 1 aliphatic heterocycles. The molecule has 1 saturated heterocycles. The van der Waals surface area contributed by atoms with Gasteiger partial charge in [-0.25, -0.2) is 15.0 Å². The Hall–Kier alpha value is -3.53. The van der Waals surface area contributed by atoms with Crippen molar-refractivity contribution in [2.75, 3.05) is 24.5 Å². The highest BCUT2D eigenvalue weighted by Gasteiger charge is 2.23. The zero-order valence-electron chi connectivity index (χ0n) is 18.2. The number of nitrogens with one attached hydrogen (secondary N) is 1. The molecule has 3 N–H and O–H groups in total. The number of piperidine rings is 1. The first-order chi connectivity index (χ1) is 15.9. The lowest BCUT2D eigenvalue weighted by molar-refractivity contribution is -0.135. The van der Waals surface area contributed by atoms with Crippen molar-refractivity contribution < 1.29 is 19.8 Å². The molecule has 3 heterocycles. The number of nitrogens with zero attached hydrogens (tertiary/aromatic N) is 4. The first kappa shape index (κ1) is 22.7. The zero-order valence-corrected chi connectivity index (χ0v) is 19.0. The van der Waals surface area contributed by atoms with Crippen LogP contribution in [0.2, 0.25) is 0 Å². The third kappa shape index (κ3) is 5.46. The van der Waals surface area contributed by atoms with Gasteiger partial charge in [-0.3, -0.25) is 9.59 Å². The molecular formula is C23H25N5O4S. The number of aryl methyl sites for hydroxylation is 1. The molecule has 0 aliphatic carbocycles. The number of hydrogen-bond donors (Lipinski definition) is 3. The molecule has 33 heavy (non-hydrogen) atoms. The van der Waals surface area contributed by atoms with Gasteiger partial charge < -0.3 is 20.4 Å². The van der Waals surface area contributed by atoms with Crippen molar-refractivity contribution in [1.82, 2.24) is 20.3 Å². The van der Waals surface area contributed by atoms with Crippen molar-refractivity contribution in [2.45, 2.75) is 26.2 Å². The van der Waals surface area contributed by atoms with Crippen LogP contribution in [-0.2, 0) is 11.2 Å². The van der Waals surface area contributed by atoms with E-state index in [9.17, 15) is 14.7 Å². The molecule has 1 aromatic carbocycles. The number of rotatable bonds is 7. The van der Waals surface area contributed by atoms with E-state index in [1.54, 1.807) is 18.3 Å². The van der Waals surface area contributed by atoms with Crippen molar-refractivity contribution >= 4 is 28.9 Å². The summed E-state index contributed by atoms with van der Waals surface area (Å²) in [6.45, 7) is 2.88. The molecule has 0 saturated carbocycles. The average molecular weight is 468 g/mol. The summed E-state index contributed by atoms with van der Waals surface area (Å²) in [5.41, 5.74) is 2.42. The number of anilines is 1. The molecule has 1 aliphatic rings. The van der Waals surface area contributed by atoms with E-state index in [1.165, 1.54) is 5.69 Å². The topological polar surface area (TPSA) is 129 Å². The minimum atomic E-state index is -1.17. The lowest BCUT2D eigenvalue weighted by Gasteiger charge is -2.33. The van der Waals surface area contributed by atoms with Crippen LogP contribution in [0.4, 0.5) is 5.69 Å². The fourth-order valence-electron chi connectivity index (χ4n) is 3.95. The smallest absolute Gasteiger partial charge is 0.322 e. The number of carboxylic acid groups (broad SMARTS) is 1. The highest BCUT2D eigenvalue weighted by molar-refractivity contribution is 7.13. The maximum absolute atomic E-state index is 12.2. The Labute approximate surface area is 195 Å². The second kappa shape index (κ2) is 9.95. The van der Waals surface area contributed by atoms with Gasteiger partial charge >= 0.3 is 5.97 Å². The fourth-order valence-corrected chi connectivity index (χ4v) is 4.59. The quantitative estimate of drug-likeness (QED) is 0.484. The number of amides is 1. The Morgan fingerprint density at radius 3 is 2.55 bits per heavy atom. The van der Waals surface area contributed by atoms with Crippen LogP contribution in [0.3, 0.4) is 0 Å². The van der Waals surface area contributed by atoms with Crippen LogP contribution in [0.25, 0.3) is 10.6 Å². The molecule has 2 aromatic heterocycles. The van der Waals surface area contributed by atoms with Crippen molar-refractivity contribution in [3.05, 3.63) is 53.1 Å². The van der Waals surface area contributed by atoms with E-state index >= 15 is 0 Å². The van der Waals surface area contributed by atoms with Crippen molar-refractivity contribution in [3.8, 4) is 16.3 Å². The molecule has 1 fully saturated rings. The van der Waals surface area contributed by atoms with Crippen LogP contribution in [0.5, 0.6) is 5.75 Å². The second-order valence-electron chi connectivity index (χ2n) is 8.02. The van der Waals surface area contributed by atoms with Gasteiger partial charge in [0.15, 0.2) is 11.4 Å². The summed E-state index contributed by atoms with van der Waals surface area (Å²) in [4.78, 5) is 38.2.